The number of hydrogen-bond donors (Lipinski definition) is 0. The SMILES string of the molecule is O=C(/C=C/C1=Cc2ccccc2OC1)c1ccc(Cl)cc1Cl. The van der Waals surface area contributed by atoms with Crippen molar-refractivity contribution in [2.75, 3.05) is 6.61 Å². The van der Waals surface area contributed by atoms with E-state index >= 15 is 0 Å². The number of para-hydroxylation sites is 1. The van der Waals surface area contributed by atoms with Crippen molar-refractivity contribution >= 4 is 35.1 Å². The van der Waals surface area contributed by atoms with Gasteiger partial charge in [0.15, 0.2) is 5.78 Å². The molecule has 0 unspecified atom stereocenters. The zero-order valence-electron chi connectivity index (χ0n) is 11.6. The van der Waals surface area contributed by atoms with E-state index in [4.69, 9.17) is 27.9 Å². The van der Waals surface area contributed by atoms with Crippen LogP contribution in [0.1, 0.15) is 15.9 Å². The second-order valence-corrected chi connectivity index (χ2v) is 5.71. The molecule has 0 bridgehead atoms. The predicted octanol–water partition coefficient (Wildman–Crippen LogP) is 5.21. The summed E-state index contributed by atoms with van der Waals surface area (Å²) in [5.41, 5.74) is 2.36. The van der Waals surface area contributed by atoms with Crippen molar-refractivity contribution in [2.24, 2.45) is 0 Å². The van der Waals surface area contributed by atoms with E-state index in [0.29, 0.717) is 22.2 Å². The summed E-state index contributed by atoms with van der Waals surface area (Å²) in [5, 5.41) is 0.854. The maximum Gasteiger partial charge on any atom is 0.187 e. The minimum atomic E-state index is -0.165. The van der Waals surface area contributed by atoms with Gasteiger partial charge in [-0.3, -0.25) is 4.79 Å². The molecule has 1 aliphatic heterocycles. The minimum absolute atomic E-state index is 0.165. The predicted molar refractivity (Wildman–Crippen MR) is 89.8 cm³/mol. The highest BCUT2D eigenvalue weighted by Crippen LogP contribution is 2.26. The van der Waals surface area contributed by atoms with E-state index in [9.17, 15) is 4.79 Å². The normalized spacial score (nSPS) is 13.5. The van der Waals surface area contributed by atoms with E-state index < -0.39 is 0 Å². The molecule has 1 aliphatic rings. The van der Waals surface area contributed by atoms with Crippen LogP contribution in [0.2, 0.25) is 10.0 Å². The Morgan fingerprint density at radius 3 is 2.77 bits per heavy atom. The highest BCUT2D eigenvalue weighted by Gasteiger charge is 2.10. The molecule has 0 amide bonds. The van der Waals surface area contributed by atoms with Crippen molar-refractivity contribution < 1.29 is 9.53 Å². The summed E-state index contributed by atoms with van der Waals surface area (Å²) >= 11 is 11.9. The van der Waals surface area contributed by atoms with Crippen molar-refractivity contribution in [3.63, 3.8) is 0 Å². The summed E-state index contributed by atoms with van der Waals surface area (Å²) in [7, 11) is 0. The third-order valence-electron chi connectivity index (χ3n) is 3.30. The highest BCUT2D eigenvalue weighted by atomic mass is 35.5. The van der Waals surface area contributed by atoms with Crippen molar-refractivity contribution in [1.29, 1.82) is 0 Å². The van der Waals surface area contributed by atoms with E-state index in [1.54, 1.807) is 24.3 Å². The molecular weight excluding hydrogens is 319 g/mol. The zero-order chi connectivity index (χ0) is 15.5. The molecule has 2 aromatic carbocycles. The van der Waals surface area contributed by atoms with Crippen molar-refractivity contribution in [3.8, 4) is 5.75 Å². The van der Waals surface area contributed by atoms with E-state index in [1.807, 2.05) is 30.3 Å². The molecule has 4 heteroatoms. The lowest BCUT2D eigenvalue weighted by Gasteiger charge is -2.15. The van der Waals surface area contributed by atoms with Gasteiger partial charge in [-0.05, 0) is 42.0 Å². The molecule has 0 radical (unpaired) electrons. The average molecular weight is 331 g/mol. The number of benzene rings is 2. The van der Waals surface area contributed by atoms with Gasteiger partial charge in [0.05, 0.1) is 5.02 Å². The van der Waals surface area contributed by atoms with Gasteiger partial charge in [0.2, 0.25) is 0 Å². The molecule has 0 saturated carbocycles. The minimum Gasteiger partial charge on any atom is -0.488 e. The second-order valence-electron chi connectivity index (χ2n) is 4.87. The first-order valence-electron chi connectivity index (χ1n) is 6.73. The van der Waals surface area contributed by atoms with Gasteiger partial charge in [0.1, 0.15) is 12.4 Å². The van der Waals surface area contributed by atoms with Crippen molar-refractivity contribution in [1.82, 2.24) is 0 Å². The topological polar surface area (TPSA) is 26.3 Å². The summed E-state index contributed by atoms with van der Waals surface area (Å²) in [6.45, 7) is 0.440. The van der Waals surface area contributed by atoms with Gasteiger partial charge in [0, 0.05) is 16.1 Å². The van der Waals surface area contributed by atoms with Gasteiger partial charge in [-0.15, -0.1) is 0 Å². The number of fused-ring (bicyclic) bond motifs is 1. The molecule has 0 N–H and O–H groups in total. The standard InChI is InChI=1S/C18H12Cl2O2/c19-14-6-7-15(16(20)10-14)17(21)8-5-12-9-13-3-1-2-4-18(13)22-11-12/h1-10H,11H2/b8-5+. The summed E-state index contributed by atoms with van der Waals surface area (Å²) < 4.78 is 5.64. The molecule has 3 rings (SSSR count). The van der Waals surface area contributed by atoms with Crippen LogP contribution in [0.4, 0.5) is 0 Å². The first-order chi connectivity index (χ1) is 10.6. The molecule has 0 saturated heterocycles. The largest absolute Gasteiger partial charge is 0.488 e. The fourth-order valence-electron chi connectivity index (χ4n) is 2.19. The Morgan fingerprint density at radius 2 is 1.95 bits per heavy atom. The third-order valence-corrected chi connectivity index (χ3v) is 3.85. The molecule has 2 aromatic rings. The quantitative estimate of drug-likeness (QED) is 0.570. The summed E-state index contributed by atoms with van der Waals surface area (Å²) in [5.74, 6) is 0.688. The molecule has 110 valence electrons. The molecule has 1 heterocycles. The molecule has 0 aromatic heterocycles. The summed E-state index contributed by atoms with van der Waals surface area (Å²) in [4.78, 5) is 12.2. The monoisotopic (exact) mass is 330 g/mol. The van der Waals surface area contributed by atoms with Gasteiger partial charge in [-0.25, -0.2) is 0 Å². The van der Waals surface area contributed by atoms with Crippen LogP contribution in [0.15, 0.2) is 60.2 Å². The van der Waals surface area contributed by atoms with E-state index in [1.165, 1.54) is 6.08 Å². The first-order valence-corrected chi connectivity index (χ1v) is 7.49. The van der Waals surface area contributed by atoms with E-state index in [0.717, 1.165) is 16.9 Å². The van der Waals surface area contributed by atoms with Crippen LogP contribution in [-0.4, -0.2) is 12.4 Å². The van der Waals surface area contributed by atoms with Crippen LogP contribution in [0.3, 0.4) is 0 Å². The fourth-order valence-corrected chi connectivity index (χ4v) is 2.69. The lowest BCUT2D eigenvalue weighted by Crippen LogP contribution is -2.06. The van der Waals surface area contributed by atoms with Crippen LogP contribution in [0, 0.1) is 0 Å². The van der Waals surface area contributed by atoms with Gasteiger partial charge >= 0.3 is 0 Å². The van der Waals surface area contributed by atoms with Crippen LogP contribution < -0.4 is 4.74 Å². The van der Waals surface area contributed by atoms with Gasteiger partial charge in [-0.2, -0.15) is 0 Å². The molecule has 0 atom stereocenters. The molecular formula is C18H12Cl2O2. The smallest absolute Gasteiger partial charge is 0.187 e. The fraction of sp³-hybridized carbons (Fsp3) is 0.0556. The lowest BCUT2D eigenvalue weighted by atomic mass is 10.1. The number of carbonyl (C=O) groups is 1. The Labute approximate surface area is 138 Å². The third kappa shape index (κ3) is 3.24. The van der Waals surface area contributed by atoms with E-state index in [-0.39, 0.29) is 5.78 Å². The average Bonchev–Trinajstić information content (AvgIpc) is 2.52. The molecule has 0 spiro atoms. The Bertz CT molecular complexity index is 791. The number of carbonyl (C=O) groups excluding carboxylic acids is 1. The molecule has 0 aliphatic carbocycles. The Morgan fingerprint density at radius 1 is 1.14 bits per heavy atom. The number of ether oxygens (including phenoxy) is 1. The summed E-state index contributed by atoms with van der Waals surface area (Å²) in [6.07, 6.45) is 5.26. The van der Waals surface area contributed by atoms with Crippen molar-refractivity contribution in [3.05, 3.63) is 81.4 Å². The number of ketones is 1. The number of rotatable bonds is 3. The number of allylic oxidation sites excluding steroid dienone is 1. The summed E-state index contributed by atoms with van der Waals surface area (Å²) in [6, 6.07) is 12.6. The lowest BCUT2D eigenvalue weighted by molar-refractivity contribution is 0.104. The van der Waals surface area contributed by atoms with Crippen molar-refractivity contribution in [2.45, 2.75) is 0 Å². The second kappa shape index (κ2) is 6.39. The maximum absolute atomic E-state index is 12.2. The zero-order valence-corrected chi connectivity index (χ0v) is 13.1. The number of hydrogen-bond acceptors (Lipinski definition) is 2. The number of halogens is 2. The van der Waals surface area contributed by atoms with E-state index in [2.05, 4.69) is 0 Å². The molecule has 22 heavy (non-hydrogen) atoms. The Balaban J connectivity index is 1.80. The van der Waals surface area contributed by atoms with Gasteiger partial charge < -0.3 is 4.74 Å². The maximum atomic E-state index is 12.2. The molecule has 0 fully saturated rings. The van der Waals surface area contributed by atoms with Crippen LogP contribution in [-0.2, 0) is 0 Å². The first kappa shape index (κ1) is 14.9. The van der Waals surface area contributed by atoms with Gasteiger partial charge in [-0.1, -0.05) is 47.5 Å². The van der Waals surface area contributed by atoms with Crippen LogP contribution >= 0.6 is 23.2 Å². The highest BCUT2D eigenvalue weighted by molar-refractivity contribution is 6.37. The van der Waals surface area contributed by atoms with Crippen LogP contribution in [0.25, 0.3) is 6.08 Å². The Kier molecular flexibility index (Phi) is 4.32. The van der Waals surface area contributed by atoms with Crippen LogP contribution in [0.5, 0.6) is 5.75 Å². The molecule has 2 nitrogen and oxygen atoms in total. The Hall–Kier alpha value is -2.03. The van der Waals surface area contributed by atoms with Gasteiger partial charge in [0.25, 0.3) is 0 Å².